The molecule has 2 aliphatic heterocycles. The van der Waals surface area contributed by atoms with Crippen LogP contribution in [0.25, 0.3) is 0 Å². The van der Waals surface area contributed by atoms with Crippen LogP contribution in [0.1, 0.15) is 63.9 Å². The predicted molar refractivity (Wildman–Crippen MR) is 122 cm³/mol. The molecular formula is C25H39N3O2. The number of ether oxygens (including phenoxy) is 1. The van der Waals surface area contributed by atoms with Crippen LogP contribution in [0.5, 0.6) is 0 Å². The van der Waals surface area contributed by atoms with E-state index in [2.05, 4.69) is 47.9 Å². The van der Waals surface area contributed by atoms with Crippen molar-refractivity contribution in [2.24, 2.45) is 5.41 Å². The minimum Gasteiger partial charge on any atom is -0.369 e. The van der Waals surface area contributed by atoms with E-state index < -0.39 is 0 Å². The van der Waals surface area contributed by atoms with Gasteiger partial charge in [-0.2, -0.15) is 0 Å². The average Bonchev–Trinajstić information content (AvgIpc) is 2.84. The zero-order valence-corrected chi connectivity index (χ0v) is 18.9. The number of para-hydroxylation sites is 1. The first-order chi connectivity index (χ1) is 14.7. The first kappa shape index (κ1) is 21.6. The number of anilines is 1. The van der Waals surface area contributed by atoms with Gasteiger partial charge in [-0.15, -0.1) is 0 Å². The van der Waals surface area contributed by atoms with Gasteiger partial charge in [0, 0.05) is 38.4 Å². The van der Waals surface area contributed by atoms with Crippen LogP contribution in [0, 0.1) is 5.41 Å². The van der Waals surface area contributed by atoms with Gasteiger partial charge < -0.3 is 14.5 Å². The number of morpholine rings is 1. The van der Waals surface area contributed by atoms with Gasteiger partial charge in [-0.1, -0.05) is 44.9 Å². The third-order valence-corrected chi connectivity index (χ3v) is 8.21. The van der Waals surface area contributed by atoms with Crippen molar-refractivity contribution in [3.8, 4) is 0 Å². The molecule has 2 heterocycles. The van der Waals surface area contributed by atoms with Gasteiger partial charge in [0.2, 0.25) is 6.41 Å². The fourth-order valence-corrected chi connectivity index (χ4v) is 5.84. The molecule has 1 saturated carbocycles. The number of nitrogens with zero attached hydrogens (tertiary/aromatic N) is 3. The van der Waals surface area contributed by atoms with Crippen molar-refractivity contribution in [1.82, 2.24) is 9.80 Å². The van der Waals surface area contributed by atoms with E-state index >= 15 is 0 Å². The van der Waals surface area contributed by atoms with Gasteiger partial charge in [0.15, 0.2) is 0 Å². The molecule has 5 heteroatoms. The highest BCUT2D eigenvalue weighted by molar-refractivity contribution is 5.55. The number of rotatable bonds is 6. The van der Waals surface area contributed by atoms with E-state index in [9.17, 15) is 4.79 Å². The van der Waals surface area contributed by atoms with E-state index in [1.165, 1.54) is 44.2 Å². The Kier molecular flexibility index (Phi) is 6.99. The number of benzene rings is 1. The molecule has 3 aliphatic rings. The maximum absolute atomic E-state index is 11.1. The van der Waals surface area contributed by atoms with Gasteiger partial charge in [-0.25, -0.2) is 0 Å². The van der Waals surface area contributed by atoms with Gasteiger partial charge in [-0.05, 0) is 48.6 Å². The van der Waals surface area contributed by atoms with Crippen LogP contribution in [0.4, 0.5) is 5.69 Å². The molecule has 1 amide bonds. The zero-order chi connectivity index (χ0) is 21.0. The van der Waals surface area contributed by atoms with E-state index in [-0.39, 0.29) is 6.23 Å². The van der Waals surface area contributed by atoms with Crippen molar-refractivity contribution in [3.63, 3.8) is 0 Å². The Morgan fingerprint density at radius 1 is 1.03 bits per heavy atom. The summed E-state index contributed by atoms with van der Waals surface area (Å²) in [6.07, 6.45) is 9.06. The Morgan fingerprint density at radius 2 is 1.73 bits per heavy atom. The molecule has 1 aromatic carbocycles. The van der Waals surface area contributed by atoms with Crippen LogP contribution in [0.2, 0.25) is 0 Å². The van der Waals surface area contributed by atoms with Crippen molar-refractivity contribution in [1.29, 1.82) is 0 Å². The van der Waals surface area contributed by atoms with Gasteiger partial charge in [0.1, 0.15) is 6.23 Å². The molecule has 5 nitrogen and oxygen atoms in total. The van der Waals surface area contributed by atoms with Crippen LogP contribution in [0.3, 0.4) is 0 Å². The molecule has 0 spiro atoms. The largest absolute Gasteiger partial charge is 0.369 e. The number of hydrogen-bond acceptors (Lipinski definition) is 4. The minimum atomic E-state index is 0.0518. The molecule has 3 fully saturated rings. The highest BCUT2D eigenvalue weighted by Crippen LogP contribution is 2.48. The maximum atomic E-state index is 11.1. The topological polar surface area (TPSA) is 36.0 Å². The Labute approximate surface area is 182 Å². The van der Waals surface area contributed by atoms with Gasteiger partial charge in [0.05, 0.1) is 13.2 Å². The highest BCUT2D eigenvalue weighted by atomic mass is 16.5. The summed E-state index contributed by atoms with van der Waals surface area (Å²) in [4.78, 5) is 18.0. The van der Waals surface area contributed by atoms with Crippen molar-refractivity contribution < 1.29 is 9.53 Å². The summed E-state index contributed by atoms with van der Waals surface area (Å²) in [7, 11) is 0. The molecule has 1 atom stereocenters. The van der Waals surface area contributed by atoms with Crippen molar-refractivity contribution in [2.45, 2.75) is 64.5 Å². The summed E-state index contributed by atoms with van der Waals surface area (Å²) in [6.45, 7) is 10.8. The Bertz CT molecular complexity index is 687. The predicted octanol–water partition coefficient (Wildman–Crippen LogP) is 4.09. The molecule has 30 heavy (non-hydrogen) atoms. The minimum absolute atomic E-state index is 0.0518. The van der Waals surface area contributed by atoms with Crippen LogP contribution in [-0.2, 0) is 9.53 Å². The SMILES string of the molecule is CCC1(CC)CCC(c2ccccc2N2CCN(C3CN(C=O)CCO3)CC2)CC1. The molecule has 1 unspecified atom stereocenters. The molecule has 1 aliphatic carbocycles. The first-order valence-electron chi connectivity index (χ1n) is 12.1. The molecule has 0 bridgehead atoms. The lowest BCUT2D eigenvalue weighted by atomic mass is 9.66. The summed E-state index contributed by atoms with van der Waals surface area (Å²) in [5.74, 6) is 0.702. The lowest BCUT2D eigenvalue weighted by Gasteiger charge is -2.44. The molecular weight excluding hydrogens is 374 g/mol. The van der Waals surface area contributed by atoms with Gasteiger partial charge in [-0.3, -0.25) is 9.69 Å². The van der Waals surface area contributed by atoms with E-state index in [1.807, 2.05) is 4.90 Å². The lowest BCUT2D eigenvalue weighted by molar-refractivity contribution is -0.139. The Balaban J connectivity index is 1.39. The number of piperazine rings is 1. The Hall–Kier alpha value is -1.59. The standard InChI is InChI=1S/C25H39N3O2/c1-3-25(4-2)11-9-21(10-12-25)22-7-5-6-8-23(22)27-13-15-28(16-14-27)24-19-26(20-29)17-18-30-24/h5-8,20-21,24H,3-4,9-19H2,1-2H3. The van der Waals surface area contributed by atoms with E-state index in [0.717, 1.165) is 32.6 Å². The van der Waals surface area contributed by atoms with Gasteiger partial charge >= 0.3 is 0 Å². The van der Waals surface area contributed by atoms with Gasteiger partial charge in [0.25, 0.3) is 0 Å². The third-order valence-electron chi connectivity index (χ3n) is 8.21. The summed E-state index contributed by atoms with van der Waals surface area (Å²) >= 11 is 0. The first-order valence-corrected chi connectivity index (χ1v) is 12.1. The van der Waals surface area contributed by atoms with Crippen LogP contribution in [0.15, 0.2) is 24.3 Å². The summed E-state index contributed by atoms with van der Waals surface area (Å²) < 4.78 is 5.96. The third kappa shape index (κ3) is 4.52. The van der Waals surface area contributed by atoms with E-state index in [4.69, 9.17) is 4.74 Å². The summed E-state index contributed by atoms with van der Waals surface area (Å²) in [5.41, 5.74) is 3.60. The van der Waals surface area contributed by atoms with Crippen molar-refractivity contribution in [3.05, 3.63) is 29.8 Å². The second kappa shape index (κ2) is 9.69. The van der Waals surface area contributed by atoms with Crippen molar-refractivity contribution >= 4 is 12.1 Å². The number of amides is 1. The monoisotopic (exact) mass is 413 g/mol. The lowest BCUT2D eigenvalue weighted by Crippen LogP contribution is -2.56. The van der Waals surface area contributed by atoms with Crippen LogP contribution in [-0.4, -0.2) is 68.3 Å². The molecule has 2 saturated heterocycles. The summed E-state index contributed by atoms with van der Waals surface area (Å²) in [5, 5.41) is 0. The second-order valence-electron chi connectivity index (χ2n) is 9.49. The molecule has 1 aromatic rings. The second-order valence-corrected chi connectivity index (χ2v) is 9.49. The smallest absolute Gasteiger partial charge is 0.209 e. The Morgan fingerprint density at radius 3 is 2.40 bits per heavy atom. The number of carbonyl (C=O) groups is 1. The van der Waals surface area contributed by atoms with Crippen molar-refractivity contribution in [2.75, 3.05) is 50.8 Å². The molecule has 0 radical (unpaired) electrons. The fraction of sp³-hybridized carbons (Fsp3) is 0.720. The fourth-order valence-electron chi connectivity index (χ4n) is 5.84. The number of carbonyl (C=O) groups excluding carboxylic acids is 1. The molecule has 0 N–H and O–H groups in total. The average molecular weight is 414 g/mol. The maximum Gasteiger partial charge on any atom is 0.209 e. The molecule has 166 valence electrons. The van der Waals surface area contributed by atoms with Crippen LogP contribution < -0.4 is 4.90 Å². The molecule has 4 rings (SSSR count). The summed E-state index contributed by atoms with van der Waals surface area (Å²) in [6, 6.07) is 9.13. The van der Waals surface area contributed by atoms with Crippen LogP contribution >= 0.6 is 0 Å². The highest BCUT2D eigenvalue weighted by Gasteiger charge is 2.34. The molecule has 0 aromatic heterocycles. The van der Waals surface area contributed by atoms with E-state index in [0.29, 0.717) is 31.0 Å². The zero-order valence-electron chi connectivity index (χ0n) is 18.9. The normalized spacial score (nSPS) is 26.0. The van der Waals surface area contributed by atoms with E-state index in [1.54, 1.807) is 5.56 Å². The number of hydrogen-bond donors (Lipinski definition) is 0. The quantitative estimate of drug-likeness (QED) is 0.658.